The Kier molecular flexibility index (Phi) is 7.71. The van der Waals surface area contributed by atoms with Crippen LogP contribution < -0.4 is 0 Å². The second kappa shape index (κ2) is 7.94. The van der Waals surface area contributed by atoms with Gasteiger partial charge in [0.25, 0.3) is 0 Å². The summed E-state index contributed by atoms with van der Waals surface area (Å²) in [5, 5.41) is 0. The van der Waals surface area contributed by atoms with Crippen molar-refractivity contribution >= 4 is 5.78 Å². The van der Waals surface area contributed by atoms with E-state index in [2.05, 4.69) is 0 Å². The van der Waals surface area contributed by atoms with Gasteiger partial charge >= 0.3 is 0 Å². The van der Waals surface area contributed by atoms with Crippen LogP contribution in [-0.2, 0) is 14.3 Å². The number of carbonyl (C=O) groups excluding carboxylic acids is 1. The van der Waals surface area contributed by atoms with Crippen LogP contribution in [0, 0.1) is 5.92 Å². The molecule has 0 aromatic rings. The zero-order chi connectivity index (χ0) is 11.0. The van der Waals surface area contributed by atoms with Crippen LogP contribution in [0.3, 0.4) is 0 Å². The maximum absolute atomic E-state index is 11.3. The Balaban J connectivity index is 3.32. The molecule has 0 aromatic heterocycles. The molecule has 0 N–H and O–H groups in total. The van der Waals surface area contributed by atoms with Gasteiger partial charge < -0.3 is 9.47 Å². The molecule has 0 saturated heterocycles. The largest absolute Gasteiger partial charge is 0.376 e. The number of ketones is 1. The van der Waals surface area contributed by atoms with E-state index in [1.807, 2.05) is 27.7 Å². The van der Waals surface area contributed by atoms with Crippen molar-refractivity contribution in [1.29, 1.82) is 0 Å². The van der Waals surface area contributed by atoms with Gasteiger partial charge in [-0.25, -0.2) is 0 Å². The van der Waals surface area contributed by atoms with Crippen LogP contribution in [0.5, 0.6) is 0 Å². The van der Waals surface area contributed by atoms with Crippen molar-refractivity contribution in [2.45, 2.75) is 40.2 Å². The monoisotopic (exact) mass is 202 g/mol. The van der Waals surface area contributed by atoms with Gasteiger partial charge in [-0.3, -0.25) is 4.79 Å². The molecule has 0 radical (unpaired) electrons. The van der Waals surface area contributed by atoms with E-state index >= 15 is 0 Å². The van der Waals surface area contributed by atoms with Gasteiger partial charge in [-0.1, -0.05) is 13.8 Å². The zero-order valence-electron chi connectivity index (χ0n) is 9.71. The van der Waals surface area contributed by atoms with Crippen molar-refractivity contribution in [3.8, 4) is 0 Å². The van der Waals surface area contributed by atoms with Crippen LogP contribution in [-0.4, -0.2) is 31.7 Å². The van der Waals surface area contributed by atoms with Gasteiger partial charge in [0.1, 0.15) is 6.61 Å². The first kappa shape index (κ1) is 13.6. The van der Waals surface area contributed by atoms with E-state index in [4.69, 9.17) is 9.47 Å². The van der Waals surface area contributed by atoms with Crippen LogP contribution in [0.4, 0.5) is 0 Å². The molecule has 14 heavy (non-hydrogen) atoms. The molecule has 84 valence electrons. The molecule has 0 heterocycles. The summed E-state index contributed by atoms with van der Waals surface area (Å²) >= 11 is 0. The summed E-state index contributed by atoms with van der Waals surface area (Å²) in [6, 6.07) is 0. The van der Waals surface area contributed by atoms with Crippen molar-refractivity contribution in [3.63, 3.8) is 0 Å². The van der Waals surface area contributed by atoms with Gasteiger partial charge in [-0.2, -0.15) is 0 Å². The number of hydrogen-bond acceptors (Lipinski definition) is 3. The van der Waals surface area contributed by atoms with Crippen LogP contribution in [0.15, 0.2) is 0 Å². The first-order chi connectivity index (χ1) is 6.57. The summed E-state index contributed by atoms with van der Waals surface area (Å²) < 4.78 is 10.5. The maximum Gasteiger partial charge on any atom is 0.161 e. The molecule has 0 rings (SSSR count). The summed E-state index contributed by atoms with van der Waals surface area (Å²) in [6.07, 6.45) is 1.11. The van der Waals surface area contributed by atoms with Gasteiger partial charge in [0.15, 0.2) is 5.78 Å². The SMILES string of the molecule is CCC(C)C(=O)COCCOC(C)C. The first-order valence-corrected chi connectivity index (χ1v) is 5.30. The van der Waals surface area contributed by atoms with E-state index in [0.29, 0.717) is 13.2 Å². The summed E-state index contributed by atoms with van der Waals surface area (Å²) in [5.41, 5.74) is 0. The van der Waals surface area contributed by atoms with Gasteiger partial charge in [0.2, 0.25) is 0 Å². The Bertz CT molecular complexity index is 155. The average molecular weight is 202 g/mol. The van der Waals surface area contributed by atoms with E-state index in [-0.39, 0.29) is 24.4 Å². The molecular weight excluding hydrogens is 180 g/mol. The number of carbonyl (C=O) groups is 1. The molecule has 0 aliphatic rings. The molecule has 0 spiro atoms. The minimum absolute atomic E-state index is 0.112. The van der Waals surface area contributed by atoms with Gasteiger partial charge in [-0.05, 0) is 20.3 Å². The lowest BCUT2D eigenvalue weighted by molar-refractivity contribution is -0.127. The predicted molar refractivity (Wildman–Crippen MR) is 56.4 cm³/mol. The summed E-state index contributed by atoms with van der Waals surface area (Å²) in [4.78, 5) is 11.3. The van der Waals surface area contributed by atoms with Crippen molar-refractivity contribution in [3.05, 3.63) is 0 Å². The minimum Gasteiger partial charge on any atom is -0.376 e. The second-order valence-electron chi connectivity index (χ2n) is 3.75. The lowest BCUT2D eigenvalue weighted by Gasteiger charge is -2.09. The van der Waals surface area contributed by atoms with E-state index in [9.17, 15) is 4.79 Å². The number of ether oxygens (including phenoxy) is 2. The Morgan fingerprint density at radius 2 is 1.86 bits per heavy atom. The molecule has 0 bridgehead atoms. The van der Waals surface area contributed by atoms with Crippen LogP contribution in [0.25, 0.3) is 0 Å². The molecule has 0 aliphatic heterocycles. The van der Waals surface area contributed by atoms with Crippen LogP contribution in [0.1, 0.15) is 34.1 Å². The standard InChI is InChI=1S/C11H22O3/c1-5-10(4)11(12)8-13-6-7-14-9(2)3/h9-10H,5-8H2,1-4H3. The molecule has 1 atom stereocenters. The molecular formula is C11H22O3. The normalized spacial score (nSPS) is 13.2. The fourth-order valence-electron chi connectivity index (χ4n) is 0.885. The predicted octanol–water partition coefficient (Wildman–Crippen LogP) is 2.04. The van der Waals surface area contributed by atoms with Crippen LogP contribution in [0.2, 0.25) is 0 Å². The quantitative estimate of drug-likeness (QED) is 0.565. The highest BCUT2D eigenvalue weighted by molar-refractivity contribution is 5.81. The van der Waals surface area contributed by atoms with Crippen molar-refractivity contribution in [1.82, 2.24) is 0 Å². The third-order valence-electron chi connectivity index (χ3n) is 2.09. The second-order valence-corrected chi connectivity index (χ2v) is 3.75. The highest BCUT2D eigenvalue weighted by Gasteiger charge is 2.09. The first-order valence-electron chi connectivity index (χ1n) is 5.30. The lowest BCUT2D eigenvalue weighted by atomic mass is 10.1. The molecule has 3 heteroatoms. The van der Waals surface area contributed by atoms with E-state index < -0.39 is 0 Å². The van der Waals surface area contributed by atoms with Crippen molar-refractivity contribution in [2.24, 2.45) is 5.92 Å². The topological polar surface area (TPSA) is 35.5 Å². The fraction of sp³-hybridized carbons (Fsp3) is 0.909. The third-order valence-corrected chi connectivity index (χ3v) is 2.09. The lowest BCUT2D eigenvalue weighted by Crippen LogP contribution is -2.19. The minimum atomic E-state index is 0.112. The molecule has 0 aliphatic carbocycles. The Morgan fingerprint density at radius 3 is 2.36 bits per heavy atom. The molecule has 0 aromatic carbocycles. The third kappa shape index (κ3) is 7.04. The summed E-state index contributed by atoms with van der Waals surface area (Å²) in [7, 11) is 0. The molecule has 1 unspecified atom stereocenters. The van der Waals surface area contributed by atoms with Gasteiger partial charge in [-0.15, -0.1) is 0 Å². The average Bonchev–Trinajstić information content (AvgIpc) is 2.15. The van der Waals surface area contributed by atoms with E-state index in [0.717, 1.165) is 6.42 Å². The summed E-state index contributed by atoms with van der Waals surface area (Å²) in [5.74, 6) is 0.290. The van der Waals surface area contributed by atoms with Crippen molar-refractivity contribution in [2.75, 3.05) is 19.8 Å². The van der Waals surface area contributed by atoms with Gasteiger partial charge in [0, 0.05) is 5.92 Å². The molecule has 0 fully saturated rings. The molecule has 3 nitrogen and oxygen atoms in total. The maximum atomic E-state index is 11.3. The van der Waals surface area contributed by atoms with Gasteiger partial charge in [0.05, 0.1) is 19.3 Å². The summed E-state index contributed by atoms with van der Waals surface area (Å²) in [6.45, 7) is 9.16. The Hall–Kier alpha value is -0.410. The number of rotatable bonds is 8. The van der Waals surface area contributed by atoms with E-state index in [1.54, 1.807) is 0 Å². The van der Waals surface area contributed by atoms with Crippen LogP contribution >= 0.6 is 0 Å². The van der Waals surface area contributed by atoms with Crippen molar-refractivity contribution < 1.29 is 14.3 Å². The molecule has 0 saturated carbocycles. The zero-order valence-corrected chi connectivity index (χ0v) is 9.71. The highest BCUT2D eigenvalue weighted by Crippen LogP contribution is 2.01. The van der Waals surface area contributed by atoms with E-state index in [1.165, 1.54) is 0 Å². The highest BCUT2D eigenvalue weighted by atomic mass is 16.5. The smallest absolute Gasteiger partial charge is 0.161 e. The Labute approximate surface area is 86.8 Å². The molecule has 0 amide bonds. The number of Topliss-reactive ketones (excluding diaryl/α,β-unsaturated/α-hetero) is 1. The Morgan fingerprint density at radius 1 is 1.21 bits per heavy atom. The number of hydrogen-bond donors (Lipinski definition) is 0. The fourth-order valence-corrected chi connectivity index (χ4v) is 0.885.